The van der Waals surface area contributed by atoms with Crippen LogP contribution in [-0.2, 0) is 11.2 Å². The summed E-state index contributed by atoms with van der Waals surface area (Å²) in [5.41, 5.74) is 2.05. The minimum absolute atomic E-state index is 0.173. The van der Waals surface area contributed by atoms with Crippen molar-refractivity contribution in [3.63, 3.8) is 0 Å². The molecule has 2 heterocycles. The van der Waals surface area contributed by atoms with Crippen LogP contribution in [0.25, 0.3) is 5.52 Å². The smallest absolute Gasteiger partial charge is 0.134 e. The van der Waals surface area contributed by atoms with Gasteiger partial charge in [0.05, 0.1) is 5.52 Å². The predicted octanol–water partition coefficient (Wildman–Crippen LogP) is 1.47. The molecule has 3 heteroatoms. The Morgan fingerprint density at radius 3 is 3.08 bits per heavy atom. The summed E-state index contributed by atoms with van der Waals surface area (Å²) in [5.74, 6) is 0.173. The van der Waals surface area contributed by atoms with E-state index in [1.54, 1.807) is 17.6 Å². The summed E-state index contributed by atoms with van der Waals surface area (Å²) < 4.78 is 1.78. The highest BCUT2D eigenvalue weighted by Crippen LogP contribution is 2.05. The number of rotatable bonds is 2. The van der Waals surface area contributed by atoms with Gasteiger partial charge in [-0.1, -0.05) is 6.07 Å². The molecule has 2 aromatic rings. The highest BCUT2D eigenvalue weighted by atomic mass is 16.1. The summed E-state index contributed by atoms with van der Waals surface area (Å²) in [5, 5.41) is 4.09. The largest absolute Gasteiger partial charge is 0.300 e. The molecule has 0 aliphatic rings. The molecule has 2 aromatic heterocycles. The Labute approximate surface area is 76.0 Å². The van der Waals surface area contributed by atoms with Gasteiger partial charge in [-0.15, -0.1) is 0 Å². The fourth-order valence-corrected chi connectivity index (χ4v) is 1.35. The summed E-state index contributed by atoms with van der Waals surface area (Å²) in [6, 6.07) is 5.85. The minimum atomic E-state index is 0.173. The van der Waals surface area contributed by atoms with Crippen LogP contribution in [0.5, 0.6) is 0 Å². The van der Waals surface area contributed by atoms with Crippen molar-refractivity contribution in [2.24, 2.45) is 0 Å². The van der Waals surface area contributed by atoms with Crippen molar-refractivity contribution in [1.29, 1.82) is 0 Å². The van der Waals surface area contributed by atoms with Gasteiger partial charge < -0.3 is 0 Å². The van der Waals surface area contributed by atoms with Crippen LogP contribution in [0.1, 0.15) is 12.5 Å². The lowest BCUT2D eigenvalue weighted by Gasteiger charge is -1.98. The second-order valence-corrected chi connectivity index (χ2v) is 3.12. The molecule has 0 fully saturated rings. The van der Waals surface area contributed by atoms with Gasteiger partial charge in [-0.05, 0) is 24.6 Å². The number of hydrogen-bond acceptors (Lipinski definition) is 2. The Morgan fingerprint density at radius 1 is 1.46 bits per heavy atom. The maximum atomic E-state index is 10.9. The average Bonchev–Trinajstić information content (AvgIpc) is 2.49. The van der Waals surface area contributed by atoms with E-state index >= 15 is 0 Å². The lowest BCUT2D eigenvalue weighted by Crippen LogP contribution is -1.98. The standard InChI is InChI=1S/C10H10N2O/c1-8(13)6-9-2-3-10-4-5-11-12(10)7-9/h2-5,7H,6H2,1H3. The number of carbonyl (C=O) groups is 1. The maximum absolute atomic E-state index is 10.9. The number of pyridine rings is 1. The number of ketones is 1. The Bertz CT molecular complexity index is 445. The Balaban J connectivity index is 2.42. The first-order valence-electron chi connectivity index (χ1n) is 4.17. The minimum Gasteiger partial charge on any atom is -0.300 e. The van der Waals surface area contributed by atoms with Gasteiger partial charge in [0.25, 0.3) is 0 Å². The average molecular weight is 174 g/mol. The zero-order valence-electron chi connectivity index (χ0n) is 7.40. The third-order valence-electron chi connectivity index (χ3n) is 1.91. The highest BCUT2D eigenvalue weighted by molar-refractivity contribution is 5.78. The molecule has 0 unspecified atom stereocenters. The van der Waals surface area contributed by atoms with Gasteiger partial charge in [0, 0.05) is 18.8 Å². The molecular formula is C10H10N2O. The van der Waals surface area contributed by atoms with Gasteiger partial charge >= 0.3 is 0 Å². The third kappa shape index (κ3) is 1.59. The van der Waals surface area contributed by atoms with E-state index in [-0.39, 0.29) is 5.78 Å². The Hall–Kier alpha value is -1.64. The molecule has 0 aromatic carbocycles. The molecule has 0 saturated heterocycles. The van der Waals surface area contributed by atoms with Crippen LogP contribution in [-0.4, -0.2) is 15.4 Å². The van der Waals surface area contributed by atoms with E-state index in [9.17, 15) is 4.79 Å². The molecular weight excluding hydrogens is 164 g/mol. The quantitative estimate of drug-likeness (QED) is 0.690. The van der Waals surface area contributed by atoms with E-state index in [0.717, 1.165) is 11.1 Å². The molecule has 2 rings (SSSR count). The molecule has 0 aliphatic heterocycles. The number of hydrogen-bond donors (Lipinski definition) is 0. The highest BCUT2D eigenvalue weighted by Gasteiger charge is 1.99. The molecule has 0 radical (unpaired) electrons. The number of carbonyl (C=O) groups excluding carboxylic acids is 1. The normalized spacial score (nSPS) is 10.5. The van der Waals surface area contributed by atoms with E-state index in [1.165, 1.54) is 0 Å². The van der Waals surface area contributed by atoms with Crippen molar-refractivity contribution < 1.29 is 4.79 Å². The van der Waals surface area contributed by atoms with Gasteiger partial charge in [0.1, 0.15) is 5.78 Å². The first-order valence-corrected chi connectivity index (χ1v) is 4.17. The monoisotopic (exact) mass is 174 g/mol. The summed E-state index contributed by atoms with van der Waals surface area (Å²) in [6.45, 7) is 1.59. The van der Waals surface area contributed by atoms with Crippen molar-refractivity contribution in [2.75, 3.05) is 0 Å². The first-order chi connectivity index (χ1) is 6.25. The van der Waals surface area contributed by atoms with Crippen LogP contribution in [0.3, 0.4) is 0 Å². The van der Waals surface area contributed by atoms with Gasteiger partial charge in [-0.3, -0.25) is 4.79 Å². The molecule has 0 atom stereocenters. The van der Waals surface area contributed by atoms with E-state index in [0.29, 0.717) is 6.42 Å². The molecule has 66 valence electrons. The second kappa shape index (κ2) is 3.01. The number of aromatic nitrogens is 2. The second-order valence-electron chi connectivity index (χ2n) is 3.12. The molecule has 0 aliphatic carbocycles. The molecule has 0 amide bonds. The molecule has 3 nitrogen and oxygen atoms in total. The van der Waals surface area contributed by atoms with Crippen LogP contribution < -0.4 is 0 Å². The van der Waals surface area contributed by atoms with Crippen molar-refractivity contribution in [1.82, 2.24) is 9.61 Å². The first kappa shape index (κ1) is 7.98. The fraction of sp³-hybridized carbons (Fsp3) is 0.200. The van der Waals surface area contributed by atoms with Crippen LogP contribution in [0, 0.1) is 0 Å². The Kier molecular flexibility index (Phi) is 1.85. The summed E-state index contributed by atoms with van der Waals surface area (Å²) in [7, 11) is 0. The lowest BCUT2D eigenvalue weighted by molar-refractivity contribution is -0.116. The summed E-state index contributed by atoms with van der Waals surface area (Å²) >= 11 is 0. The van der Waals surface area contributed by atoms with E-state index in [4.69, 9.17) is 0 Å². The number of nitrogens with zero attached hydrogens (tertiary/aromatic N) is 2. The van der Waals surface area contributed by atoms with Gasteiger partial charge in [0.15, 0.2) is 0 Å². The van der Waals surface area contributed by atoms with E-state index in [1.807, 2.05) is 24.4 Å². The Morgan fingerprint density at radius 2 is 2.31 bits per heavy atom. The summed E-state index contributed by atoms with van der Waals surface area (Å²) in [6.07, 6.45) is 4.11. The summed E-state index contributed by atoms with van der Waals surface area (Å²) in [4.78, 5) is 10.9. The fourth-order valence-electron chi connectivity index (χ4n) is 1.35. The van der Waals surface area contributed by atoms with Crippen molar-refractivity contribution >= 4 is 11.3 Å². The molecule has 13 heavy (non-hydrogen) atoms. The molecule has 0 saturated carbocycles. The SMILES string of the molecule is CC(=O)Cc1ccc2ccnn2c1. The van der Waals surface area contributed by atoms with Gasteiger partial charge in [-0.25, -0.2) is 4.52 Å². The van der Waals surface area contributed by atoms with E-state index < -0.39 is 0 Å². The molecule has 0 N–H and O–H groups in total. The van der Waals surface area contributed by atoms with E-state index in [2.05, 4.69) is 5.10 Å². The van der Waals surface area contributed by atoms with Crippen LogP contribution in [0.2, 0.25) is 0 Å². The van der Waals surface area contributed by atoms with Crippen LogP contribution >= 0.6 is 0 Å². The van der Waals surface area contributed by atoms with Crippen molar-refractivity contribution in [3.05, 3.63) is 36.2 Å². The maximum Gasteiger partial charge on any atom is 0.134 e. The van der Waals surface area contributed by atoms with Crippen LogP contribution in [0.15, 0.2) is 30.6 Å². The van der Waals surface area contributed by atoms with Crippen molar-refractivity contribution in [2.45, 2.75) is 13.3 Å². The zero-order valence-corrected chi connectivity index (χ0v) is 7.40. The lowest BCUT2D eigenvalue weighted by atomic mass is 10.1. The third-order valence-corrected chi connectivity index (χ3v) is 1.91. The predicted molar refractivity (Wildman–Crippen MR) is 49.6 cm³/mol. The van der Waals surface area contributed by atoms with Gasteiger partial charge in [-0.2, -0.15) is 5.10 Å². The number of Topliss-reactive ketones (excluding diaryl/α,β-unsaturated/α-hetero) is 1. The molecule has 0 spiro atoms. The zero-order chi connectivity index (χ0) is 9.26. The van der Waals surface area contributed by atoms with Crippen LogP contribution in [0.4, 0.5) is 0 Å². The number of fused-ring (bicyclic) bond motifs is 1. The topological polar surface area (TPSA) is 34.4 Å². The molecule has 0 bridgehead atoms. The van der Waals surface area contributed by atoms with Crippen molar-refractivity contribution in [3.8, 4) is 0 Å². The van der Waals surface area contributed by atoms with Gasteiger partial charge in [0.2, 0.25) is 0 Å².